The molecule has 0 saturated heterocycles. The van der Waals surface area contributed by atoms with Gasteiger partial charge in [-0.05, 0) is 51.8 Å². The van der Waals surface area contributed by atoms with Crippen LogP contribution in [-0.4, -0.2) is 13.6 Å². The molecule has 0 fully saturated rings. The fraction of sp³-hybridized carbons (Fsp3) is 0.571. The SMILES string of the molecule is CNCCC(C)Cc1cc(C)cc(C)c1. The van der Waals surface area contributed by atoms with Gasteiger partial charge in [0.25, 0.3) is 0 Å². The van der Waals surface area contributed by atoms with Crippen LogP contribution in [0.3, 0.4) is 0 Å². The second-order valence-electron chi connectivity index (χ2n) is 4.70. The minimum absolute atomic E-state index is 0.763. The summed E-state index contributed by atoms with van der Waals surface area (Å²) in [4.78, 5) is 0. The molecule has 0 aliphatic rings. The van der Waals surface area contributed by atoms with Crippen molar-refractivity contribution in [1.82, 2.24) is 5.32 Å². The molecule has 1 aromatic rings. The third kappa shape index (κ3) is 4.48. The standard InChI is InChI=1S/C14H23N/c1-11(5-6-15-4)8-14-9-12(2)7-13(3)10-14/h7,9-11,15H,5-6,8H2,1-4H3. The quantitative estimate of drug-likeness (QED) is 0.779. The lowest BCUT2D eigenvalue weighted by molar-refractivity contribution is 0.515. The Morgan fingerprint density at radius 1 is 1.13 bits per heavy atom. The van der Waals surface area contributed by atoms with Gasteiger partial charge in [0.15, 0.2) is 0 Å². The molecule has 1 N–H and O–H groups in total. The molecule has 0 amide bonds. The molecular formula is C14H23N. The second kappa shape index (κ2) is 5.92. The Morgan fingerprint density at radius 3 is 2.27 bits per heavy atom. The van der Waals surface area contributed by atoms with Gasteiger partial charge in [-0.15, -0.1) is 0 Å². The van der Waals surface area contributed by atoms with Crippen molar-refractivity contribution < 1.29 is 0 Å². The van der Waals surface area contributed by atoms with Crippen LogP contribution in [0.1, 0.15) is 30.0 Å². The van der Waals surface area contributed by atoms with Crippen LogP contribution in [0.5, 0.6) is 0 Å². The van der Waals surface area contributed by atoms with Gasteiger partial charge in [0.05, 0.1) is 0 Å². The van der Waals surface area contributed by atoms with Crippen molar-refractivity contribution in [2.24, 2.45) is 5.92 Å². The Morgan fingerprint density at radius 2 is 1.73 bits per heavy atom. The van der Waals surface area contributed by atoms with Crippen molar-refractivity contribution in [3.8, 4) is 0 Å². The van der Waals surface area contributed by atoms with Crippen molar-refractivity contribution >= 4 is 0 Å². The van der Waals surface area contributed by atoms with Gasteiger partial charge in [-0.1, -0.05) is 36.2 Å². The van der Waals surface area contributed by atoms with E-state index in [-0.39, 0.29) is 0 Å². The molecule has 0 radical (unpaired) electrons. The second-order valence-corrected chi connectivity index (χ2v) is 4.70. The average Bonchev–Trinajstić information content (AvgIpc) is 2.13. The van der Waals surface area contributed by atoms with Crippen LogP contribution in [0.4, 0.5) is 0 Å². The normalized spacial score (nSPS) is 12.8. The summed E-state index contributed by atoms with van der Waals surface area (Å²) in [6.07, 6.45) is 2.45. The highest BCUT2D eigenvalue weighted by Gasteiger charge is 2.03. The van der Waals surface area contributed by atoms with E-state index in [1.807, 2.05) is 7.05 Å². The Bertz CT molecular complexity index is 284. The molecule has 15 heavy (non-hydrogen) atoms. The maximum Gasteiger partial charge on any atom is -0.00493 e. The van der Waals surface area contributed by atoms with Gasteiger partial charge in [0.2, 0.25) is 0 Å². The summed E-state index contributed by atoms with van der Waals surface area (Å²) in [5.74, 6) is 0.763. The van der Waals surface area contributed by atoms with E-state index in [1.54, 1.807) is 0 Å². The predicted octanol–water partition coefficient (Wildman–Crippen LogP) is 3.09. The number of benzene rings is 1. The van der Waals surface area contributed by atoms with Crippen molar-refractivity contribution in [2.75, 3.05) is 13.6 Å². The molecule has 1 atom stereocenters. The summed E-state index contributed by atoms with van der Waals surface area (Å²) in [5.41, 5.74) is 4.24. The van der Waals surface area contributed by atoms with E-state index in [4.69, 9.17) is 0 Å². The van der Waals surface area contributed by atoms with Crippen LogP contribution in [0.2, 0.25) is 0 Å². The van der Waals surface area contributed by atoms with Gasteiger partial charge < -0.3 is 5.32 Å². The zero-order valence-corrected chi connectivity index (χ0v) is 10.4. The van der Waals surface area contributed by atoms with Crippen molar-refractivity contribution in [3.05, 3.63) is 34.9 Å². The molecule has 1 heteroatoms. The first-order valence-electron chi connectivity index (χ1n) is 5.83. The summed E-state index contributed by atoms with van der Waals surface area (Å²) >= 11 is 0. The van der Waals surface area contributed by atoms with Crippen LogP contribution in [0.15, 0.2) is 18.2 Å². The minimum Gasteiger partial charge on any atom is -0.320 e. The van der Waals surface area contributed by atoms with Crippen molar-refractivity contribution in [1.29, 1.82) is 0 Å². The van der Waals surface area contributed by atoms with E-state index in [2.05, 4.69) is 44.3 Å². The van der Waals surface area contributed by atoms with Crippen molar-refractivity contribution in [2.45, 2.75) is 33.6 Å². The molecule has 0 aromatic heterocycles. The maximum absolute atomic E-state index is 3.21. The average molecular weight is 205 g/mol. The zero-order valence-electron chi connectivity index (χ0n) is 10.4. The summed E-state index contributed by atoms with van der Waals surface area (Å²) in [6, 6.07) is 6.85. The van der Waals surface area contributed by atoms with Gasteiger partial charge in [-0.25, -0.2) is 0 Å². The monoisotopic (exact) mass is 205 g/mol. The fourth-order valence-corrected chi connectivity index (χ4v) is 2.08. The summed E-state index contributed by atoms with van der Waals surface area (Å²) in [5, 5.41) is 3.21. The lowest BCUT2D eigenvalue weighted by Gasteiger charge is -2.12. The zero-order chi connectivity index (χ0) is 11.3. The van der Waals surface area contributed by atoms with Gasteiger partial charge in [0, 0.05) is 0 Å². The number of hydrogen-bond acceptors (Lipinski definition) is 1. The van der Waals surface area contributed by atoms with E-state index >= 15 is 0 Å². The highest BCUT2D eigenvalue weighted by atomic mass is 14.8. The molecule has 1 aromatic carbocycles. The van der Waals surface area contributed by atoms with Crippen LogP contribution < -0.4 is 5.32 Å². The highest BCUT2D eigenvalue weighted by Crippen LogP contribution is 2.15. The number of hydrogen-bond donors (Lipinski definition) is 1. The molecule has 0 aliphatic heterocycles. The van der Waals surface area contributed by atoms with Gasteiger partial charge >= 0.3 is 0 Å². The van der Waals surface area contributed by atoms with Crippen LogP contribution in [0.25, 0.3) is 0 Å². The van der Waals surface area contributed by atoms with Gasteiger partial charge in [-0.3, -0.25) is 0 Å². The molecule has 0 aliphatic carbocycles. The highest BCUT2D eigenvalue weighted by molar-refractivity contribution is 5.28. The van der Waals surface area contributed by atoms with Crippen LogP contribution in [-0.2, 0) is 6.42 Å². The largest absolute Gasteiger partial charge is 0.320 e. The molecule has 1 unspecified atom stereocenters. The van der Waals surface area contributed by atoms with E-state index in [0.717, 1.165) is 12.5 Å². The molecule has 1 rings (SSSR count). The molecule has 0 spiro atoms. The number of rotatable bonds is 5. The summed E-state index contributed by atoms with van der Waals surface area (Å²) in [7, 11) is 2.02. The van der Waals surface area contributed by atoms with E-state index in [0.29, 0.717) is 0 Å². The summed E-state index contributed by atoms with van der Waals surface area (Å²) < 4.78 is 0. The maximum atomic E-state index is 3.21. The molecular weight excluding hydrogens is 182 g/mol. The topological polar surface area (TPSA) is 12.0 Å². The Hall–Kier alpha value is -0.820. The van der Waals surface area contributed by atoms with Crippen LogP contribution >= 0.6 is 0 Å². The first-order chi connectivity index (χ1) is 7.11. The predicted molar refractivity (Wildman–Crippen MR) is 67.3 cm³/mol. The molecule has 0 heterocycles. The summed E-state index contributed by atoms with van der Waals surface area (Å²) in [6.45, 7) is 7.80. The van der Waals surface area contributed by atoms with E-state index in [1.165, 1.54) is 29.5 Å². The Kier molecular flexibility index (Phi) is 4.83. The smallest absolute Gasteiger partial charge is 0.00493 e. The third-order valence-corrected chi connectivity index (χ3v) is 2.75. The van der Waals surface area contributed by atoms with E-state index < -0.39 is 0 Å². The Balaban J connectivity index is 2.56. The van der Waals surface area contributed by atoms with Gasteiger partial charge in [0.1, 0.15) is 0 Å². The molecule has 0 saturated carbocycles. The van der Waals surface area contributed by atoms with Crippen molar-refractivity contribution in [3.63, 3.8) is 0 Å². The molecule has 1 nitrogen and oxygen atoms in total. The minimum atomic E-state index is 0.763. The molecule has 0 bridgehead atoms. The van der Waals surface area contributed by atoms with Crippen LogP contribution in [0, 0.1) is 19.8 Å². The van der Waals surface area contributed by atoms with Gasteiger partial charge in [-0.2, -0.15) is 0 Å². The molecule has 84 valence electrons. The lowest BCUT2D eigenvalue weighted by Crippen LogP contribution is -2.12. The first kappa shape index (κ1) is 12.3. The lowest BCUT2D eigenvalue weighted by atomic mass is 9.96. The number of nitrogens with one attached hydrogen (secondary N) is 1. The number of aryl methyl sites for hydroxylation is 2. The first-order valence-corrected chi connectivity index (χ1v) is 5.83. The third-order valence-electron chi connectivity index (χ3n) is 2.75. The fourth-order valence-electron chi connectivity index (χ4n) is 2.08. The van der Waals surface area contributed by atoms with E-state index in [9.17, 15) is 0 Å². The Labute approximate surface area is 93.9 Å².